The molecule has 2 aromatic rings. The second-order valence-electron chi connectivity index (χ2n) is 5.73. The maximum absolute atomic E-state index is 13.7. The second-order valence-corrected chi connectivity index (χ2v) is 5.73. The summed E-state index contributed by atoms with van der Waals surface area (Å²) in [4.78, 5) is 36.9. The van der Waals surface area contributed by atoms with E-state index >= 15 is 0 Å². The molecule has 0 bridgehead atoms. The Kier molecular flexibility index (Phi) is 4.53. The minimum absolute atomic E-state index is 0.106. The zero-order valence-electron chi connectivity index (χ0n) is 13.7. The number of urea groups is 1. The van der Waals surface area contributed by atoms with Gasteiger partial charge in [-0.2, -0.15) is 13.2 Å². The highest BCUT2D eigenvalue weighted by molar-refractivity contribution is 6.24. The Morgan fingerprint density at radius 1 is 1.00 bits per heavy atom. The first-order chi connectivity index (χ1) is 13.1. The van der Waals surface area contributed by atoms with Crippen LogP contribution in [0.15, 0.2) is 48.5 Å². The maximum Gasteiger partial charge on any atom is 0.440 e. The lowest BCUT2D eigenvalue weighted by Crippen LogP contribution is -2.69. The molecule has 6 nitrogen and oxygen atoms in total. The summed E-state index contributed by atoms with van der Waals surface area (Å²) in [5.74, 6) is -5.30. The van der Waals surface area contributed by atoms with Crippen molar-refractivity contribution in [2.75, 3.05) is 4.90 Å². The predicted octanol–water partition coefficient (Wildman–Crippen LogP) is 2.71. The van der Waals surface area contributed by atoms with Crippen molar-refractivity contribution in [3.8, 4) is 0 Å². The van der Waals surface area contributed by atoms with Crippen molar-refractivity contribution in [2.24, 2.45) is 0 Å². The quantitative estimate of drug-likeness (QED) is 0.616. The van der Waals surface area contributed by atoms with Crippen LogP contribution in [0.5, 0.6) is 0 Å². The molecule has 4 amide bonds. The number of halogens is 5. The van der Waals surface area contributed by atoms with Gasteiger partial charge in [0.25, 0.3) is 17.5 Å². The standard InChI is InChI=1S/C17H10F5N3O3/c18-9-5-7-10(8-6-9)25-14(27)16(17(20,21)22,24-15(25)28)23-13(26)11-3-1-2-4-12(11)19/h1-8H,(H,23,26)(H,24,28)/t16-/m0/s1. The number of alkyl halides is 3. The topological polar surface area (TPSA) is 78.5 Å². The van der Waals surface area contributed by atoms with Crippen LogP contribution >= 0.6 is 0 Å². The molecule has 0 unspecified atom stereocenters. The molecule has 0 aromatic heterocycles. The van der Waals surface area contributed by atoms with E-state index < -0.39 is 46.9 Å². The number of anilines is 1. The predicted molar refractivity (Wildman–Crippen MR) is 85.1 cm³/mol. The molecule has 1 aliphatic heterocycles. The van der Waals surface area contributed by atoms with Crippen LogP contribution in [0.3, 0.4) is 0 Å². The van der Waals surface area contributed by atoms with Crippen molar-refractivity contribution in [1.29, 1.82) is 0 Å². The van der Waals surface area contributed by atoms with Crippen LogP contribution in [0.25, 0.3) is 0 Å². The van der Waals surface area contributed by atoms with E-state index in [9.17, 15) is 36.3 Å². The van der Waals surface area contributed by atoms with E-state index in [0.29, 0.717) is 0 Å². The zero-order chi connectivity index (χ0) is 20.7. The SMILES string of the molecule is O=C(N[C@]1(C(F)(F)F)NC(=O)N(c2ccc(F)cc2)C1=O)c1ccccc1F. The van der Waals surface area contributed by atoms with Gasteiger partial charge in [0.2, 0.25) is 0 Å². The summed E-state index contributed by atoms with van der Waals surface area (Å²) in [5, 5.41) is 2.78. The Labute approximate surface area is 153 Å². The largest absolute Gasteiger partial charge is 0.440 e. The molecule has 0 spiro atoms. The van der Waals surface area contributed by atoms with Gasteiger partial charge in [-0.15, -0.1) is 0 Å². The smallest absolute Gasteiger partial charge is 0.314 e. The van der Waals surface area contributed by atoms with Crippen LogP contribution in [-0.4, -0.2) is 29.7 Å². The molecular formula is C17H10F5N3O3. The van der Waals surface area contributed by atoms with E-state index in [1.165, 1.54) is 22.8 Å². The van der Waals surface area contributed by atoms with Crippen molar-refractivity contribution in [3.63, 3.8) is 0 Å². The van der Waals surface area contributed by atoms with Crippen LogP contribution in [0.2, 0.25) is 0 Å². The van der Waals surface area contributed by atoms with Gasteiger partial charge in [-0.25, -0.2) is 18.5 Å². The van der Waals surface area contributed by atoms with Crippen molar-refractivity contribution in [3.05, 3.63) is 65.7 Å². The van der Waals surface area contributed by atoms with Gasteiger partial charge in [0.05, 0.1) is 11.3 Å². The third kappa shape index (κ3) is 3.04. The molecule has 1 saturated heterocycles. The van der Waals surface area contributed by atoms with Gasteiger partial charge in [0, 0.05) is 0 Å². The number of nitrogens with one attached hydrogen (secondary N) is 2. The fraction of sp³-hybridized carbons (Fsp3) is 0.118. The lowest BCUT2D eigenvalue weighted by Gasteiger charge is -2.29. The monoisotopic (exact) mass is 399 g/mol. The summed E-state index contributed by atoms with van der Waals surface area (Å²) < 4.78 is 68.0. The molecule has 28 heavy (non-hydrogen) atoms. The van der Waals surface area contributed by atoms with Crippen molar-refractivity contribution >= 4 is 23.5 Å². The highest BCUT2D eigenvalue weighted by atomic mass is 19.4. The van der Waals surface area contributed by atoms with Gasteiger partial charge in [-0.05, 0) is 36.4 Å². The number of amides is 4. The third-order valence-corrected chi connectivity index (χ3v) is 3.95. The van der Waals surface area contributed by atoms with E-state index in [1.807, 2.05) is 0 Å². The molecule has 1 aliphatic rings. The Hall–Kier alpha value is -3.50. The van der Waals surface area contributed by atoms with Gasteiger partial charge in [0.15, 0.2) is 0 Å². The molecule has 1 heterocycles. The van der Waals surface area contributed by atoms with Crippen molar-refractivity contribution < 1.29 is 36.3 Å². The average molecular weight is 399 g/mol. The number of rotatable bonds is 3. The van der Waals surface area contributed by atoms with Crippen LogP contribution in [-0.2, 0) is 4.79 Å². The Morgan fingerprint density at radius 3 is 2.18 bits per heavy atom. The lowest BCUT2D eigenvalue weighted by atomic mass is 10.1. The maximum atomic E-state index is 13.7. The molecule has 3 rings (SSSR count). The minimum atomic E-state index is -5.46. The minimum Gasteiger partial charge on any atom is -0.314 e. The zero-order valence-corrected chi connectivity index (χ0v) is 13.7. The number of hydrogen-bond donors (Lipinski definition) is 2. The summed E-state index contributed by atoms with van der Waals surface area (Å²) in [6.45, 7) is 0. The van der Waals surface area contributed by atoms with Crippen LogP contribution in [0.4, 0.5) is 32.4 Å². The van der Waals surface area contributed by atoms with E-state index in [0.717, 1.165) is 36.4 Å². The Bertz CT molecular complexity index is 961. The number of hydrogen-bond acceptors (Lipinski definition) is 3. The first kappa shape index (κ1) is 19.3. The molecule has 0 saturated carbocycles. The Morgan fingerprint density at radius 2 is 1.61 bits per heavy atom. The van der Waals surface area contributed by atoms with Crippen LogP contribution in [0.1, 0.15) is 10.4 Å². The average Bonchev–Trinajstić information content (AvgIpc) is 2.87. The first-order valence-electron chi connectivity index (χ1n) is 7.63. The van der Waals surface area contributed by atoms with Gasteiger partial charge >= 0.3 is 12.2 Å². The van der Waals surface area contributed by atoms with E-state index in [2.05, 4.69) is 0 Å². The number of carbonyl (C=O) groups is 3. The normalized spacial score (nSPS) is 19.5. The Balaban J connectivity index is 2.02. The van der Waals surface area contributed by atoms with Crippen LogP contribution < -0.4 is 15.5 Å². The fourth-order valence-electron chi connectivity index (χ4n) is 2.59. The summed E-state index contributed by atoms with van der Waals surface area (Å²) >= 11 is 0. The van der Waals surface area contributed by atoms with Gasteiger partial charge in [-0.1, -0.05) is 12.1 Å². The summed E-state index contributed by atoms with van der Waals surface area (Å²) in [6.07, 6.45) is -5.46. The number of imide groups is 1. The molecule has 2 aromatic carbocycles. The molecule has 11 heteroatoms. The summed E-state index contributed by atoms with van der Waals surface area (Å²) in [5.41, 5.74) is -4.93. The number of carbonyl (C=O) groups excluding carboxylic acids is 3. The van der Waals surface area contributed by atoms with E-state index in [4.69, 9.17) is 0 Å². The fourth-order valence-corrected chi connectivity index (χ4v) is 2.59. The molecule has 0 radical (unpaired) electrons. The van der Waals surface area contributed by atoms with Crippen molar-refractivity contribution in [2.45, 2.75) is 11.8 Å². The highest BCUT2D eigenvalue weighted by Crippen LogP contribution is 2.36. The number of benzene rings is 2. The summed E-state index contributed by atoms with van der Waals surface area (Å²) in [6, 6.07) is 6.17. The molecule has 146 valence electrons. The second kappa shape index (κ2) is 6.59. The van der Waals surface area contributed by atoms with Crippen LogP contribution in [0, 0.1) is 11.6 Å². The number of nitrogens with zero attached hydrogens (tertiary/aromatic N) is 1. The van der Waals surface area contributed by atoms with Crippen molar-refractivity contribution in [1.82, 2.24) is 10.6 Å². The third-order valence-electron chi connectivity index (χ3n) is 3.95. The first-order valence-corrected chi connectivity index (χ1v) is 7.63. The van der Waals surface area contributed by atoms with Gasteiger partial charge in [-0.3, -0.25) is 14.9 Å². The lowest BCUT2D eigenvalue weighted by molar-refractivity contribution is -0.197. The van der Waals surface area contributed by atoms with Gasteiger partial charge < -0.3 is 5.32 Å². The highest BCUT2D eigenvalue weighted by Gasteiger charge is 2.69. The molecule has 1 atom stereocenters. The molecule has 2 N–H and O–H groups in total. The van der Waals surface area contributed by atoms with E-state index in [1.54, 1.807) is 0 Å². The van der Waals surface area contributed by atoms with Gasteiger partial charge in [0.1, 0.15) is 11.6 Å². The molecule has 0 aliphatic carbocycles. The molecular weight excluding hydrogens is 389 g/mol. The summed E-state index contributed by atoms with van der Waals surface area (Å²) in [7, 11) is 0. The van der Waals surface area contributed by atoms with E-state index in [-0.39, 0.29) is 10.6 Å². The molecule has 1 fully saturated rings.